The lowest BCUT2D eigenvalue weighted by Gasteiger charge is -2.53. The Morgan fingerprint density at radius 3 is 2.45 bits per heavy atom. The average molecular weight is 290 g/mol. The van der Waals surface area contributed by atoms with Crippen LogP contribution in [0.3, 0.4) is 0 Å². The third kappa shape index (κ3) is 2.18. The molecule has 20 heavy (non-hydrogen) atoms. The van der Waals surface area contributed by atoms with E-state index in [1.165, 1.54) is 32.1 Å². The SMILES string of the molecule is Cc1csc(CNC(=O)C2C3CC4CC(C3)CC2C4)n1. The fourth-order valence-electron chi connectivity index (χ4n) is 5.12. The van der Waals surface area contributed by atoms with Gasteiger partial charge in [-0.2, -0.15) is 0 Å². The zero-order valence-corrected chi connectivity index (χ0v) is 12.8. The van der Waals surface area contributed by atoms with E-state index in [1.54, 1.807) is 11.3 Å². The number of nitrogens with one attached hydrogen (secondary N) is 1. The first-order valence-corrected chi connectivity index (χ1v) is 8.75. The molecule has 1 N–H and O–H groups in total. The standard InChI is InChI=1S/C16H22N2OS/c1-9-8-20-14(18-9)7-17-16(19)15-12-3-10-2-11(5-12)6-13(15)4-10/h8,10-13,15H,2-7H2,1H3,(H,17,19). The highest BCUT2D eigenvalue weighted by Crippen LogP contribution is 2.56. The summed E-state index contributed by atoms with van der Waals surface area (Å²) < 4.78 is 0. The van der Waals surface area contributed by atoms with Gasteiger partial charge in [-0.25, -0.2) is 4.98 Å². The van der Waals surface area contributed by atoms with Gasteiger partial charge in [-0.15, -0.1) is 11.3 Å². The first kappa shape index (κ1) is 12.8. The number of hydrogen-bond donors (Lipinski definition) is 1. The van der Waals surface area contributed by atoms with E-state index in [1.807, 2.05) is 12.3 Å². The van der Waals surface area contributed by atoms with Crippen molar-refractivity contribution in [1.29, 1.82) is 0 Å². The molecule has 4 saturated carbocycles. The van der Waals surface area contributed by atoms with Crippen LogP contribution in [0.1, 0.15) is 42.8 Å². The van der Waals surface area contributed by atoms with Crippen molar-refractivity contribution in [3.05, 3.63) is 16.1 Å². The smallest absolute Gasteiger partial charge is 0.224 e. The van der Waals surface area contributed by atoms with Crippen molar-refractivity contribution in [3.8, 4) is 0 Å². The molecule has 4 aliphatic carbocycles. The Balaban J connectivity index is 1.41. The summed E-state index contributed by atoms with van der Waals surface area (Å²) in [5.74, 6) is 3.80. The predicted octanol–water partition coefficient (Wildman–Crippen LogP) is 3.14. The normalized spacial score (nSPS) is 38.1. The molecule has 4 bridgehead atoms. The zero-order chi connectivity index (χ0) is 13.7. The van der Waals surface area contributed by atoms with Crippen LogP contribution in [0, 0.1) is 36.5 Å². The fraction of sp³-hybridized carbons (Fsp3) is 0.750. The highest BCUT2D eigenvalue weighted by molar-refractivity contribution is 7.09. The van der Waals surface area contributed by atoms with Crippen molar-refractivity contribution in [1.82, 2.24) is 10.3 Å². The summed E-state index contributed by atoms with van der Waals surface area (Å²) in [6.07, 6.45) is 6.67. The molecule has 1 aromatic heterocycles. The summed E-state index contributed by atoms with van der Waals surface area (Å²) in [5.41, 5.74) is 1.05. The van der Waals surface area contributed by atoms with E-state index >= 15 is 0 Å². The van der Waals surface area contributed by atoms with Gasteiger partial charge in [0.15, 0.2) is 0 Å². The van der Waals surface area contributed by atoms with Gasteiger partial charge in [0.2, 0.25) is 5.91 Å². The Labute approximate surface area is 124 Å². The first-order valence-electron chi connectivity index (χ1n) is 7.87. The molecule has 0 saturated heterocycles. The molecule has 1 aromatic rings. The number of aromatic nitrogens is 1. The minimum absolute atomic E-state index is 0.295. The summed E-state index contributed by atoms with van der Waals surface area (Å²) in [6, 6.07) is 0. The lowest BCUT2D eigenvalue weighted by atomic mass is 9.51. The van der Waals surface area contributed by atoms with E-state index in [4.69, 9.17) is 0 Å². The third-order valence-electron chi connectivity index (χ3n) is 5.61. The van der Waals surface area contributed by atoms with E-state index in [-0.39, 0.29) is 0 Å². The van der Waals surface area contributed by atoms with Gasteiger partial charge in [-0.1, -0.05) is 0 Å². The largest absolute Gasteiger partial charge is 0.349 e. The van der Waals surface area contributed by atoms with E-state index in [9.17, 15) is 4.79 Å². The van der Waals surface area contributed by atoms with Crippen molar-refractivity contribution >= 4 is 17.2 Å². The summed E-state index contributed by atoms with van der Waals surface area (Å²) in [5, 5.41) is 6.22. The number of rotatable bonds is 3. The summed E-state index contributed by atoms with van der Waals surface area (Å²) in [6.45, 7) is 2.61. The zero-order valence-electron chi connectivity index (χ0n) is 12.0. The molecule has 0 spiro atoms. The van der Waals surface area contributed by atoms with Gasteiger partial charge < -0.3 is 5.32 Å². The quantitative estimate of drug-likeness (QED) is 0.929. The molecule has 0 aromatic carbocycles. The van der Waals surface area contributed by atoms with Gasteiger partial charge in [0, 0.05) is 17.0 Å². The number of carbonyl (C=O) groups excluding carboxylic acids is 1. The number of carbonyl (C=O) groups is 1. The van der Waals surface area contributed by atoms with E-state index in [0.29, 0.717) is 30.2 Å². The second-order valence-electron chi connectivity index (χ2n) is 7.06. The van der Waals surface area contributed by atoms with Crippen molar-refractivity contribution in [2.45, 2.75) is 45.6 Å². The van der Waals surface area contributed by atoms with Crippen molar-refractivity contribution in [2.24, 2.45) is 29.6 Å². The second kappa shape index (κ2) is 4.83. The van der Waals surface area contributed by atoms with E-state index < -0.39 is 0 Å². The Morgan fingerprint density at radius 2 is 1.90 bits per heavy atom. The lowest BCUT2D eigenvalue weighted by Crippen LogP contribution is -2.50. The summed E-state index contributed by atoms with van der Waals surface area (Å²) >= 11 is 1.64. The molecule has 108 valence electrons. The Hall–Kier alpha value is -0.900. The van der Waals surface area contributed by atoms with Crippen LogP contribution in [0.5, 0.6) is 0 Å². The molecule has 3 nitrogen and oxygen atoms in total. The van der Waals surface area contributed by atoms with E-state index in [0.717, 1.165) is 22.5 Å². The number of nitrogens with zero attached hydrogens (tertiary/aromatic N) is 1. The minimum Gasteiger partial charge on any atom is -0.349 e. The molecule has 4 heteroatoms. The Morgan fingerprint density at radius 1 is 1.25 bits per heavy atom. The highest BCUT2D eigenvalue weighted by Gasteiger charge is 2.50. The molecule has 1 amide bonds. The maximum Gasteiger partial charge on any atom is 0.224 e. The minimum atomic E-state index is 0.295. The first-order chi connectivity index (χ1) is 9.69. The van der Waals surface area contributed by atoms with Crippen molar-refractivity contribution in [3.63, 3.8) is 0 Å². The number of aryl methyl sites for hydroxylation is 1. The molecule has 0 atom stereocenters. The van der Waals surface area contributed by atoms with Crippen LogP contribution < -0.4 is 5.32 Å². The van der Waals surface area contributed by atoms with Gasteiger partial charge in [-0.3, -0.25) is 4.79 Å². The summed E-state index contributed by atoms with van der Waals surface area (Å²) in [4.78, 5) is 17.0. The topological polar surface area (TPSA) is 42.0 Å². The summed E-state index contributed by atoms with van der Waals surface area (Å²) in [7, 11) is 0. The lowest BCUT2D eigenvalue weighted by molar-refractivity contribution is -0.138. The van der Waals surface area contributed by atoms with Gasteiger partial charge in [-0.05, 0) is 62.7 Å². The van der Waals surface area contributed by atoms with Crippen LogP contribution in [0.15, 0.2) is 5.38 Å². The van der Waals surface area contributed by atoms with Crippen LogP contribution in [0.4, 0.5) is 0 Å². The second-order valence-corrected chi connectivity index (χ2v) is 8.00. The molecular weight excluding hydrogens is 268 g/mol. The van der Waals surface area contributed by atoms with Crippen LogP contribution in [0.2, 0.25) is 0 Å². The number of thiazole rings is 1. The molecule has 0 unspecified atom stereocenters. The van der Waals surface area contributed by atoms with Gasteiger partial charge >= 0.3 is 0 Å². The maximum absolute atomic E-state index is 12.6. The van der Waals surface area contributed by atoms with Gasteiger partial charge in [0.1, 0.15) is 5.01 Å². The number of hydrogen-bond acceptors (Lipinski definition) is 3. The van der Waals surface area contributed by atoms with Crippen LogP contribution >= 0.6 is 11.3 Å². The maximum atomic E-state index is 12.6. The molecule has 4 aliphatic rings. The Bertz CT molecular complexity index is 496. The van der Waals surface area contributed by atoms with Crippen LogP contribution in [-0.2, 0) is 11.3 Å². The van der Waals surface area contributed by atoms with Crippen molar-refractivity contribution < 1.29 is 4.79 Å². The molecule has 5 rings (SSSR count). The highest BCUT2D eigenvalue weighted by atomic mass is 32.1. The molecule has 4 fully saturated rings. The molecular formula is C16H22N2OS. The average Bonchev–Trinajstić information content (AvgIpc) is 2.81. The molecule has 1 heterocycles. The monoisotopic (exact) mass is 290 g/mol. The van der Waals surface area contributed by atoms with Gasteiger partial charge in [0.25, 0.3) is 0 Å². The predicted molar refractivity (Wildman–Crippen MR) is 79.2 cm³/mol. The third-order valence-corrected chi connectivity index (χ3v) is 6.58. The Kier molecular flexibility index (Phi) is 3.09. The van der Waals surface area contributed by atoms with Crippen molar-refractivity contribution in [2.75, 3.05) is 0 Å². The molecule has 0 aliphatic heterocycles. The van der Waals surface area contributed by atoms with E-state index in [2.05, 4.69) is 10.3 Å². The van der Waals surface area contributed by atoms with Crippen LogP contribution in [0.25, 0.3) is 0 Å². The fourth-order valence-corrected chi connectivity index (χ4v) is 5.83. The molecule has 0 radical (unpaired) electrons. The van der Waals surface area contributed by atoms with Crippen LogP contribution in [-0.4, -0.2) is 10.9 Å². The number of amides is 1. The van der Waals surface area contributed by atoms with Gasteiger partial charge in [0.05, 0.1) is 6.54 Å².